The quantitative estimate of drug-likeness (QED) is 0.0261. The third-order valence-electron chi connectivity index (χ3n) is 18.8. The topological polar surface area (TPSA) is 149 Å². The molecule has 0 aromatic heterocycles. The lowest BCUT2D eigenvalue weighted by Crippen LogP contribution is -2.60. The smallest absolute Gasteiger partial charge is 0.220 e. The Kier molecular flexibility index (Phi) is 67.1. The lowest BCUT2D eigenvalue weighted by atomic mass is 9.99. The first kappa shape index (κ1) is 86.6. The lowest BCUT2D eigenvalue weighted by Gasteiger charge is -2.40. The fourth-order valence-electron chi connectivity index (χ4n) is 12.7. The van der Waals surface area contributed by atoms with Crippen molar-refractivity contribution in [2.24, 2.45) is 0 Å². The molecular formula is C82H151NO8. The van der Waals surface area contributed by atoms with Gasteiger partial charge in [0.05, 0.1) is 25.4 Å². The van der Waals surface area contributed by atoms with Crippen molar-refractivity contribution in [1.82, 2.24) is 5.32 Å². The summed E-state index contributed by atoms with van der Waals surface area (Å²) in [7, 11) is 0. The van der Waals surface area contributed by atoms with E-state index < -0.39 is 49.5 Å². The molecule has 9 nitrogen and oxygen atoms in total. The van der Waals surface area contributed by atoms with E-state index in [2.05, 4.69) is 92.1 Å². The van der Waals surface area contributed by atoms with Crippen molar-refractivity contribution in [3.8, 4) is 0 Å². The molecule has 0 saturated carbocycles. The van der Waals surface area contributed by atoms with E-state index in [0.717, 1.165) is 77.0 Å². The molecule has 0 radical (unpaired) electrons. The van der Waals surface area contributed by atoms with Crippen LogP contribution in [0.5, 0.6) is 0 Å². The lowest BCUT2D eigenvalue weighted by molar-refractivity contribution is -0.302. The molecule has 0 aliphatic carbocycles. The largest absolute Gasteiger partial charge is 0.394 e. The number of hydrogen-bond acceptors (Lipinski definition) is 8. The van der Waals surface area contributed by atoms with Crippen molar-refractivity contribution in [3.63, 3.8) is 0 Å². The average Bonchev–Trinajstić information content (AvgIpc) is 1.58. The van der Waals surface area contributed by atoms with Crippen LogP contribution in [-0.2, 0) is 14.3 Å². The first-order chi connectivity index (χ1) is 44.8. The number of hydrogen-bond donors (Lipinski definition) is 6. The maximum atomic E-state index is 13.2. The zero-order chi connectivity index (χ0) is 65.7. The third kappa shape index (κ3) is 58.7. The molecule has 7 atom stereocenters. The second-order valence-electron chi connectivity index (χ2n) is 27.5. The molecule has 1 aliphatic rings. The molecule has 6 N–H and O–H groups in total. The maximum Gasteiger partial charge on any atom is 0.220 e. The van der Waals surface area contributed by atoms with Crippen molar-refractivity contribution in [2.45, 2.75) is 429 Å². The van der Waals surface area contributed by atoms with Gasteiger partial charge in [0.25, 0.3) is 0 Å². The number of rotatable bonds is 70. The summed E-state index contributed by atoms with van der Waals surface area (Å²) in [4.78, 5) is 13.2. The second-order valence-corrected chi connectivity index (χ2v) is 27.5. The van der Waals surface area contributed by atoms with Crippen LogP contribution in [0.25, 0.3) is 0 Å². The number of aliphatic hydroxyl groups is 5. The fourth-order valence-corrected chi connectivity index (χ4v) is 12.7. The number of allylic oxidation sites excluding steroid dienone is 12. The van der Waals surface area contributed by atoms with Crippen molar-refractivity contribution >= 4 is 5.91 Å². The van der Waals surface area contributed by atoms with Crippen LogP contribution < -0.4 is 5.32 Å². The van der Waals surface area contributed by atoms with Crippen LogP contribution >= 0.6 is 0 Å². The zero-order valence-corrected chi connectivity index (χ0v) is 59.9. The Hall–Kier alpha value is -2.37. The van der Waals surface area contributed by atoms with Gasteiger partial charge in [-0.3, -0.25) is 4.79 Å². The molecule has 532 valence electrons. The summed E-state index contributed by atoms with van der Waals surface area (Å²) in [5.41, 5.74) is 0. The van der Waals surface area contributed by atoms with Crippen LogP contribution in [0.15, 0.2) is 72.9 Å². The summed E-state index contributed by atoms with van der Waals surface area (Å²) in [6.45, 7) is 3.78. The van der Waals surface area contributed by atoms with Gasteiger partial charge >= 0.3 is 0 Å². The Bertz CT molecular complexity index is 1670. The van der Waals surface area contributed by atoms with E-state index in [1.165, 1.54) is 283 Å². The monoisotopic (exact) mass is 1280 g/mol. The van der Waals surface area contributed by atoms with Crippen molar-refractivity contribution < 1.29 is 39.8 Å². The Morgan fingerprint density at radius 3 is 1.01 bits per heavy atom. The zero-order valence-electron chi connectivity index (χ0n) is 59.9. The molecule has 1 amide bonds. The van der Waals surface area contributed by atoms with Crippen LogP contribution in [0.2, 0.25) is 0 Å². The number of aliphatic hydroxyl groups excluding tert-OH is 5. The van der Waals surface area contributed by atoms with Crippen LogP contribution in [0, 0.1) is 0 Å². The normalized spacial score (nSPS) is 18.1. The summed E-state index contributed by atoms with van der Waals surface area (Å²) in [5.74, 6) is -0.139. The van der Waals surface area contributed by atoms with E-state index in [1.54, 1.807) is 0 Å². The highest BCUT2D eigenvalue weighted by Crippen LogP contribution is 2.24. The van der Waals surface area contributed by atoms with Gasteiger partial charge in [0.2, 0.25) is 5.91 Å². The van der Waals surface area contributed by atoms with Crippen LogP contribution in [0.4, 0.5) is 0 Å². The highest BCUT2D eigenvalue weighted by atomic mass is 16.7. The predicted octanol–water partition coefficient (Wildman–Crippen LogP) is 22.7. The Balaban J connectivity index is 2.06. The number of nitrogens with one attached hydrogen (secondary N) is 1. The SMILES string of the molecule is CC/C=C\C/C=C\C/C=C\C/C=C\C/C=C\C/C=C\CCCCCCCCCCCCCCCCCCC(=O)NC(COC1OC(CO)C(O)C(O)C1O)C(O)CCCCCCCCCCCCCCCCCCCCCCCCCCCCCCCCCCC. The van der Waals surface area contributed by atoms with Gasteiger partial charge in [0.1, 0.15) is 24.4 Å². The standard InChI is InChI=1S/C82H151NO8/c1-3-5-7-9-11-13-15-17-19-21-23-25-27-29-31-33-35-37-38-40-42-44-46-48-50-52-54-56-58-60-62-64-66-68-70-72-78(86)83-75(74-90-82-81(89)80(88)79(87)77(73-84)91-82)76(85)71-69-67-65-63-61-59-57-55-53-51-49-47-45-43-41-39-36-34-32-30-28-26-24-22-20-18-16-14-12-10-8-6-4-2/h5,7,11,13,17,19,23,25,29,31,35,37,75-77,79-82,84-85,87-89H,3-4,6,8-10,12,14-16,18,20-22,24,26-28,30,32-34,36,38-74H2,1-2H3,(H,83,86)/b7-5-,13-11-,19-17-,25-23-,31-29-,37-35-. The Morgan fingerprint density at radius 1 is 0.385 bits per heavy atom. The molecule has 0 aromatic rings. The molecule has 1 aliphatic heterocycles. The van der Waals surface area contributed by atoms with Crippen LogP contribution in [-0.4, -0.2) is 87.5 Å². The van der Waals surface area contributed by atoms with E-state index in [0.29, 0.717) is 12.8 Å². The van der Waals surface area contributed by atoms with Gasteiger partial charge in [-0.1, -0.05) is 389 Å². The first-order valence-electron chi connectivity index (χ1n) is 39.6. The van der Waals surface area contributed by atoms with Gasteiger partial charge in [-0.15, -0.1) is 0 Å². The highest BCUT2D eigenvalue weighted by molar-refractivity contribution is 5.76. The van der Waals surface area contributed by atoms with Gasteiger partial charge in [0, 0.05) is 6.42 Å². The molecular weight excluding hydrogens is 1130 g/mol. The van der Waals surface area contributed by atoms with Gasteiger partial charge in [0.15, 0.2) is 6.29 Å². The molecule has 0 spiro atoms. The van der Waals surface area contributed by atoms with Gasteiger partial charge in [-0.2, -0.15) is 0 Å². The van der Waals surface area contributed by atoms with E-state index in [9.17, 15) is 30.3 Å². The minimum atomic E-state index is -1.56. The van der Waals surface area contributed by atoms with E-state index in [4.69, 9.17) is 9.47 Å². The van der Waals surface area contributed by atoms with Crippen molar-refractivity contribution in [2.75, 3.05) is 13.2 Å². The Morgan fingerprint density at radius 2 is 0.681 bits per heavy atom. The fraction of sp³-hybridized carbons (Fsp3) is 0.841. The van der Waals surface area contributed by atoms with Gasteiger partial charge < -0.3 is 40.3 Å². The molecule has 91 heavy (non-hydrogen) atoms. The first-order valence-corrected chi connectivity index (χ1v) is 39.6. The van der Waals surface area contributed by atoms with E-state index in [1.807, 2.05) is 0 Å². The second kappa shape index (κ2) is 70.4. The Labute approximate surface area is 563 Å². The average molecular weight is 1280 g/mol. The van der Waals surface area contributed by atoms with Gasteiger partial charge in [-0.05, 0) is 64.2 Å². The third-order valence-corrected chi connectivity index (χ3v) is 18.8. The molecule has 1 saturated heterocycles. The number of carbonyl (C=O) groups excluding carboxylic acids is 1. The summed E-state index contributed by atoms with van der Waals surface area (Å²) < 4.78 is 11.4. The number of ether oxygens (including phenoxy) is 2. The number of amides is 1. The summed E-state index contributed by atoms with van der Waals surface area (Å²) in [6.07, 6.45) is 92.9. The maximum absolute atomic E-state index is 13.2. The van der Waals surface area contributed by atoms with E-state index >= 15 is 0 Å². The molecule has 0 aromatic carbocycles. The molecule has 1 fully saturated rings. The minimum absolute atomic E-state index is 0.137. The van der Waals surface area contributed by atoms with Gasteiger partial charge in [-0.25, -0.2) is 0 Å². The summed E-state index contributed by atoms with van der Waals surface area (Å²) in [5, 5.41) is 55.1. The highest BCUT2D eigenvalue weighted by Gasteiger charge is 2.44. The van der Waals surface area contributed by atoms with Crippen LogP contribution in [0.3, 0.4) is 0 Å². The predicted molar refractivity (Wildman–Crippen MR) is 392 cm³/mol. The number of carbonyl (C=O) groups is 1. The van der Waals surface area contributed by atoms with Crippen molar-refractivity contribution in [1.29, 1.82) is 0 Å². The van der Waals surface area contributed by atoms with E-state index in [-0.39, 0.29) is 12.5 Å². The number of unbranched alkanes of at least 4 members (excludes halogenated alkanes) is 48. The van der Waals surface area contributed by atoms with Crippen LogP contribution in [0.1, 0.15) is 386 Å². The minimum Gasteiger partial charge on any atom is -0.394 e. The molecule has 1 heterocycles. The van der Waals surface area contributed by atoms with Crippen molar-refractivity contribution in [3.05, 3.63) is 72.9 Å². The summed E-state index contributed by atoms with van der Waals surface area (Å²) >= 11 is 0. The summed E-state index contributed by atoms with van der Waals surface area (Å²) in [6, 6.07) is -0.724. The molecule has 1 rings (SSSR count). The molecule has 9 heteroatoms. The molecule has 0 bridgehead atoms. The molecule has 7 unspecified atom stereocenters.